The predicted octanol–water partition coefficient (Wildman–Crippen LogP) is 1.75. The molecule has 1 aliphatic heterocycles. The number of aromatic nitrogens is 4. The van der Waals surface area contributed by atoms with Crippen molar-refractivity contribution in [1.82, 2.24) is 20.2 Å². The molecule has 1 unspecified atom stereocenters. The number of tetrazole rings is 1. The van der Waals surface area contributed by atoms with Crippen molar-refractivity contribution in [2.75, 3.05) is 6.54 Å². The number of rotatable bonds is 6. The van der Waals surface area contributed by atoms with Gasteiger partial charge in [0.1, 0.15) is 6.54 Å². The highest BCUT2D eigenvalue weighted by atomic mass is 32.2. The molecule has 158 valence electrons. The summed E-state index contributed by atoms with van der Waals surface area (Å²) in [6.45, 7) is 8.08. The van der Waals surface area contributed by atoms with Gasteiger partial charge in [-0.1, -0.05) is 55.8 Å². The Hall–Kier alpha value is -2.58. The Kier molecular flexibility index (Phi) is 5.71. The zero-order valence-corrected chi connectivity index (χ0v) is 18.4. The number of hydrogen-bond acceptors (Lipinski definition) is 5. The molecule has 30 heavy (non-hydrogen) atoms. The van der Waals surface area contributed by atoms with E-state index in [1.165, 1.54) is 20.7 Å². The smallest absolute Gasteiger partial charge is 0.210 e. The molecule has 0 aliphatic carbocycles. The SMILES string of the molecule is Cc1ccc(S(=O)(=O)Cn2nnnc2[C@H](C(C)C)[NH+]2CCc3ccccc3C2)cc1. The lowest BCUT2D eigenvalue weighted by Crippen LogP contribution is -3.12. The molecule has 3 aromatic rings. The summed E-state index contributed by atoms with van der Waals surface area (Å²) in [5.74, 6) is 0.637. The molecule has 7 nitrogen and oxygen atoms in total. The van der Waals surface area contributed by atoms with Gasteiger partial charge in [-0.2, -0.15) is 0 Å². The molecule has 0 saturated heterocycles. The first kappa shape index (κ1) is 20.7. The van der Waals surface area contributed by atoms with Crippen molar-refractivity contribution in [2.45, 2.75) is 50.6 Å². The Morgan fingerprint density at radius 2 is 1.77 bits per heavy atom. The van der Waals surface area contributed by atoms with Gasteiger partial charge in [-0.15, -0.1) is 5.10 Å². The van der Waals surface area contributed by atoms with E-state index >= 15 is 0 Å². The van der Waals surface area contributed by atoms with Crippen molar-refractivity contribution in [2.24, 2.45) is 5.92 Å². The largest absolute Gasteiger partial charge is 0.322 e. The zero-order valence-electron chi connectivity index (χ0n) is 17.6. The molecule has 1 aromatic heterocycles. The number of sulfone groups is 1. The molecule has 2 heterocycles. The highest BCUT2D eigenvalue weighted by Crippen LogP contribution is 2.21. The van der Waals surface area contributed by atoms with E-state index in [1.807, 2.05) is 6.92 Å². The van der Waals surface area contributed by atoms with Gasteiger partial charge in [0, 0.05) is 17.9 Å². The van der Waals surface area contributed by atoms with Gasteiger partial charge in [-0.25, -0.2) is 13.1 Å². The van der Waals surface area contributed by atoms with Crippen LogP contribution in [-0.2, 0) is 28.7 Å². The first-order valence-corrected chi connectivity index (χ1v) is 12.0. The average molecular weight is 427 g/mol. The molecule has 2 aromatic carbocycles. The van der Waals surface area contributed by atoms with Crippen molar-refractivity contribution in [1.29, 1.82) is 0 Å². The highest BCUT2D eigenvalue weighted by molar-refractivity contribution is 7.90. The third-order valence-corrected chi connectivity index (χ3v) is 7.44. The number of nitrogens with one attached hydrogen (secondary N) is 1. The summed E-state index contributed by atoms with van der Waals surface area (Å²) in [6, 6.07) is 15.4. The minimum atomic E-state index is -3.55. The van der Waals surface area contributed by atoms with Crippen LogP contribution in [0.25, 0.3) is 0 Å². The fourth-order valence-corrected chi connectivity index (χ4v) is 5.53. The Labute approximate surface area is 177 Å². The lowest BCUT2D eigenvalue weighted by Gasteiger charge is -2.33. The third-order valence-electron chi connectivity index (χ3n) is 5.87. The first-order valence-electron chi connectivity index (χ1n) is 10.3. The van der Waals surface area contributed by atoms with Crippen LogP contribution in [0.15, 0.2) is 53.4 Å². The van der Waals surface area contributed by atoms with Crippen LogP contribution >= 0.6 is 0 Å². The molecule has 4 rings (SSSR count). The number of nitrogens with zero attached hydrogens (tertiary/aromatic N) is 4. The van der Waals surface area contributed by atoms with Crippen LogP contribution in [0, 0.1) is 12.8 Å². The van der Waals surface area contributed by atoms with Crippen molar-refractivity contribution < 1.29 is 13.3 Å². The summed E-state index contributed by atoms with van der Waals surface area (Å²) < 4.78 is 27.4. The Balaban J connectivity index is 1.62. The molecule has 1 N–H and O–H groups in total. The normalized spacial score (nSPS) is 17.7. The van der Waals surface area contributed by atoms with Gasteiger partial charge in [-0.05, 0) is 35.0 Å². The molecule has 2 atom stereocenters. The molecule has 8 heteroatoms. The topological polar surface area (TPSA) is 82.2 Å². The standard InChI is InChI=1S/C22H27N5O2S/c1-16(2)21(26-13-12-18-6-4-5-7-19(18)14-26)22-23-24-25-27(22)15-30(28,29)20-10-8-17(3)9-11-20/h4-11,16,21H,12-15H2,1-3H3/p+1/t21-/m0/s1. The molecule has 0 radical (unpaired) electrons. The fraction of sp³-hybridized carbons (Fsp3) is 0.409. The number of quaternary nitrogens is 1. The fourth-order valence-electron chi connectivity index (χ4n) is 4.33. The van der Waals surface area contributed by atoms with E-state index in [2.05, 4.69) is 53.6 Å². The molecule has 0 bridgehead atoms. The lowest BCUT2D eigenvalue weighted by molar-refractivity contribution is -0.951. The first-order chi connectivity index (χ1) is 14.3. The molecule has 0 fully saturated rings. The van der Waals surface area contributed by atoms with Crippen LogP contribution in [0.2, 0.25) is 0 Å². The summed E-state index contributed by atoms with van der Waals surface area (Å²) >= 11 is 0. The van der Waals surface area contributed by atoms with E-state index in [4.69, 9.17) is 0 Å². The van der Waals surface area contributed by atoms with Crippen LogP contribution in [0.4, 0.5) is 0 Å². The summed E-state index contributed by atoms with van der Waals surface area (Å²) in [6.07, 6.45) is 0.998. The van der Waals surface area contributed by atoms with Gasteiger partial charge in [0.05, 0.1) is 11.4 Å². The number of hydrogen-bond donors (Lipinski definition) is 1. The third kappa shape index (κ3) is 4.15. The molecular formula is C22H28N5O2S+. The quantitative estimate of drug-likeness (QED) is 0.649. The van der Waals surface area contributed by atoms with E-state index in [9.17, 15) is 8.42 Å². The number of aryl methyl sites for hydroxylation is 1. The van der Waals surface area contributed by atoms with Gasteiger partial charge in [-0.3, -0.25) is 0 Å². The maximum Gasteiger partial charge on any atom is 0.210 e. The summed E-state index contributed by atoms with van der Waals surface area (Å²) in [5, 5.41) is 12.2. The van der Waals surface area contributed by atoms with Crippen molar-refractivity contribution >= 4 is 9.84 Å². The predicted molar refractivity (Wildman–Crippen MR) is 113 cm³/mol. The van der Waals surface area contributed by atoms with Gasteiger partial charge in [0.15, 0.2) is 21.8 Å². The molecule has 0 saturated carbocycles. The van der Waals surface area contributed by atoms with Crippen LogP contribution in [0.3, 0.4) is 0 Å². The van der Waals surface area contributed by atoms with E-state index in [0.717, 1.165) is 25.1 Å². The van der Waals surface area contributed by atoms with Crippen molar-refractivity contribution in [3.05, 3.63) is 71.0 Å². The van der Waals surface area contributed by atoms with Crippen LogP contribution < -0.4 is 4.90 Å². The van der Waals surface area contributed by atoms with Gasteiger partial charge >= 0.3 is 0 Å². The second-order valence-corrected chi connectivity index (χ2v) is 10.4. The Bertz CT molecular complexity index is 1120. The lowest BCUT2D eigenvalue weighted by atomic mass is 9.94. The van der Waals surface area contributed by atoms with E-state index < -0.39 is 9.84 Å². The second-order valence-electron chi connectivity index (χ2n) is 8.42. The minimum Gasteiger partial charge on any atom is -0.322 e. The van der Waals surface area contributed by atoms with E-state index in [-0.39, 0.29) is 22.7 Å². The number of benzene rings is 2. The van der Waals surface area contributed by atoms with Crippen molar-refractivity contribution in [3.8, 4) is 0 Å². The Morgan fingerprint density at radius 1 is 1.07 bits per heavy atom. The zero-order chi connectivity index (χ0) is 21.3. The van der Waals surface area contributed by atoms with Gasteiger partial charge in [0.25, 0.3) is 0 Å². The summed E-state index contributed by atoms with van der Waals surface area (Å²) in [7, 11) is -3.55. The van der Waals surface area contributed by atoms with Gasteiger partial charge < -0.3 is 4.90 Å². The molecule has 1 aliphatic rings. The maximum absolute atomic E-state index is 13.0. The monoisotopic (exact) mass is 426 g/mol. The minimum absolute atomic E-state index is 0.0153. The Morgan fingerprint density at radius 3 is 2.47 bits per heavy atom. The highest BCUT2D eigenvalue weighted by Gasteiger charge is 2.35. The molecule has 0 amide bonds. The molecular weight excluding hydrogens is 398 g/mol. The van der Waals surface area contributed by atoms with Crippen LogP contribution in [-0.4, -0.2) is 35.2 Å². The number of fused-ring (bicyclic) bond motifs is 1. The summed E-state index contributed by atoms with van der Waals surface area (Å²) in [4.78, 5) is 1.65. The maximum atomic E-state index is 13.0. The van der Waals surface area contributed by atoms with Crippen LogP contribution in [0.1, 0.15) is 42.4 Å². The summed E-state index contributed by atoms with van der Waals surface area (Å²) in [5.41, 5.74) is 3.76. The van der Waals surface area contributed by atoms with Crippen molar-refractivity contribution in [3.63, 3.8) is 0 Å². The molecule has 0 spiro atoms. The van der Waals surface area contributed by atoms with E-state index in [1.54, 1.807) is 24.3 Å². The van der Waals surface area contributed by atoms with Gasteiger partial charge in [0.2, 0.25) is 5.82 Å². The van der Waals surface area contributed by atoms with Crippen LogP contribution in [0.5, 0.6) is 0 Å². The average Bonchev–Trinajstić information content (AvgIpc) is 3.15. The second kappa shape index (κ2) is 8.28. The van der Waals surface area contributed by atoms with E-state index in [0.29, 0.717) is 5.82 Å².